The quantitative estimate of drug-likeness (QED) is 0.332. The molecule has 0 fully saturated rings. The minimum atomic E-state index is -0.252. The number of nitrogens with one attached hydrogen (secondary N) is 1. The highest BCUT2D eigenvalue weighted by Crippen LogP contribution is 2.34. The fourth-order valence-electron chi connectivity index (χ4n) is 2.94. The highest BCUT2D eigenvalue weighted by molar-refractivity contribution is 9.10. The number of carbonyl (C=O) groups is 1. The van der Waals surface area contributed by atoms with Gasteiger partial charge < -0.3 is 5.73 Å². The zero-order valence-electron chi connectivity index (χ0n) is 15.7. The Kier molecular flexibility index (Phi) is 5.94. The molecule has 4 aromatic rings. The molecule has 0 aliphatic rings. The van der Waals surface area contributed by atoms with Crippen LogP contribution >= 0.6 is 38.6 Å². The molecule has 0 spiro atoms. The van der Waals surface area contributed by atoms with E-state index in [1.807, 2.05) is 41.8 Å². The number of nitrogens with two attached hydrogens (primary N) is 1. The van der Waals surface area contributed by atoms with E-state index < -0.39 is 0 Å². The summed E-state index contributed by atoms with van der Waals surface area (Å²) < 4.78 is 1.01. The van der Waals surface area contributed by atoms with Crippen LogP contribution in [0.4, 0.5) is 10.8 Å². The Morgan fingerprint density at radius 2 is 1.97 bits per heavy atom. The maximum Gasteiger partial charge on any atom is 0.269 e. The first kappa shape index (κ1) is 20.0. The number of amides is 1. The Balaban J connectivity index is 1.54. The van der Waals surface area contributed by atoms with Crippen LogP contribution in [0.3, 0.4) is 0 Å². The number of pyridine rings is 1. The number of unbranched alkanes of at least 4 members (excludes halogenated alkanes) is 1. The first-order chi connectivity index (χ1) is 14.0. The summed E-state index contributed by atoms with van der Waals surface area (Å²) in [6.07, 6.45) is 3.15. The number of benzene rings is 1. The van der Waals surface area contributed by atoms with Crippen LogP contribution in [0.2, 0.25) is 0 Å². The van der Waals surface area contributed by atoms with Gasteiger partial charge in [-0.1, -0.05) is 41.4 Å². The molecule has 8 heteroatoms. The molecular weight excluding hydrogens is 468 g/mol. The topological polar surface area (TPSA) is 80.9 Å². The fourth-order valence-corrected chi connectivity index (χ4v) is 4.93. The molecule has 3 N–H and O–H groups in total. The van der Waals surface area contributed by atoms with Gasteiger partial charge in [0, 0.05) is 26.5 Å². The van der Waals surface area contributed by atoms with E-state index in [0.717, 1.165) is 50.9 Å². The van der Waals surface area contributed by atoms with Crippen LogP contribution < -0.4 is 11.1 Å². The number of anilines is 2. The molecule has 0 atom stereocenters. The summed E-state index contributed by atoms with van der Waals surface area (Å²) in [5.74, 6) is -0.252. The monoisotopic (exact) mass is 486 g/mol. The third kappa shape index (κ3) is 4.34. The van der Waals surface area contributed by atoms with Gasteiger partial charge in [-0.05, 0) is 37.1 Å². The number of halogens is 1. The van der Waals surface area contributed by atoms with Gasteiger partial charge >= 0.3 is 0 Å². The molecule has 4 rings (SSSR count). The van der Waals surface area contributed by atoms with E-state index >= 15 is 0 Å². The third-order valence-corrected chi connectivity index (χ3v) is 6.91. The fraction of sp³-hybridized carbons (Fsp3) is 0.190. The van der Waals surface area contributed by atoms with Gasteiger partial charge in [-0.25, -0.2) is 9.97 Å². The smallest absolute Gasteiger partial charge is 0.269 e. The number of thiophene rings is 1. The van der Waals surface area contributed by atoms with Crippen molar-refractivity contribution in [3.63, 3.8) is 0 Å². The largest absolute Gasteiger partial charge is 0.397 e. The van der Waals surface area contributed by atoms with Crippen LogP contribution in [0.25, 0.3) is 21.5 Å². The third-order valence-electron chi connectivity index (χ3n) is 4.51. The van der Waals surface area contributed by atoms with Crippen LogP contribution in [0.15, 0.2) is 46.3 Å². The predicted molar refractivity (Wildman–Crippen MR) is 126 cm³/mol. The van der Waals surface area contributed by atoms with Gasteiger partial charge in [0.05, 0.1) is 11.4 Å². The Hall–Kier alpha value is -2.29. The number of fused-ring (bicyclic) bond motifs is 1. The van der Waals surface area contributed by atoms with E-state index in [9.17, 15) is 4.79 Å². The lowest BCUT2D eigenvalue weighted by atomic mass is 10.1. The lowest BCUT2D eigenvalue weighted by Gasteiger charge is -2.00. The number of carbonyl (C=O) groups excluding carboxylic acids is 1. The second-order valence-corrected chi connectivity index (χ2v) is 9.38. The van der Waals surface area contributed by atoms with E-state index in [1.54, 1.807) is 0 Å². The van der Waals surface area contributed by atoms with Gasteiger partial charge in [-0.3, -0.25) is 10.1 Å². The summed E-state index contributed by atoms with van der Waals surface area (Å²) in [4.78, 5) is 23.3. The summed E-state index contributed by atoms with van der Waals surface area (Å²) in [6.45, 7) is 2.16. The molecule has 3 aromatic heterocycles. The van der Waals surface area contributed by atoms with Crippen molar-refractivity contribution in [3.8, 4) is 11.3 Å². The second-order valence-electron chi connectivity index (χ2n) is 6.60. The summed E-state index contributed by atoms with van der Waals surface area (Å²) in [6, 6.07) is 11.9. The summed E-state index contributed by atoms with van der Waals surface area (Å²) in [5, 5.41) is 6.17. The van der Waals surface area contributed by atoms with Gasteiger partial charge in [0.1, 0.15) is 9.71 Å². The molecule has 0 unspecified atom stereocenters. The molecule has 0 saturated heterocycles. The summed E-state index contributed by atoms with van der Waals surface area (Å²) in [5.41, 5.74) is 9.57. The Morgan fingerprint density at radius 3 is 2.72 bits per heavy atom. The molecule has 0 aliphatic carbocycles. The van der Waals surface area contributed by atoms with Crippen molar-refractivity contribution < 1.29 is 4.79 Å². The normalized spacial score (nSPS) is 11.1. The number of aryl methyl sites for hydroxylation is 1. The van der Waals surface area contributed by atoms with Gasteiger partial charge in [-0.15, -0.1) is 22.7 Å². The average molecular weight is 487 g/mol. The zero-order valence-corrected chi connectivity index (χ0v) is 19.0. The van der Waals surface area contributed by atoms with Crippen molar-refractivity contribution in [2.45, 2.75) is 26.2 Å². The van der Waals surface area contributed by atoms with Crippen LogP contribution in [0, 0.1) is 0 Å². The van der Waals surface area contributed by atoms with E-state index in [4.69, 9.17) is 5.73 Å². The highest BCUT2D eigenvalue weighted by Gasteiger charge is 2.19. The number of rotatable bonds is 6. The lowest BCUT2D eigenvalue weighted by Crippen LogP contribution is -2.11. The summed E-state index contributed by atoms with van der Waals surface area (Å²) >= 11 is 6.15. The Bertz CT molecular complexity index is 1170. The van der Waals surface area contributed by atoms with E-state index in [0.29, 0.717) is 15.7 Å². The van der Waals surface area contributed by atoms with Crippen molar-refractivity contribution in [3.05, 3.63) is 56.8 Å². The van der Waals surface area contributed by atoms with Gasteiger partial charge in [-0.2, -0.15) is 0 Å². The van der Waals surface area contributed by atoms with E-state index in [-0.39, 0.29) is 5.91 Å². The minimum Gasteiger partial charge on any atom is -0.397 e. The molecular formula is C21H19BrN4OS2. The van der Waals surface area contributed by atoms with Crippen LogP contribution in [-0.2, 0) is 6.42 Å². The molecule has 0 aliphatic heterocycles. The molecule has 3 heterocycles. The van der Waals surface area contributed by atoms with E-state index in [1.165, 1.54) is 22.7 Å². The molecule has 1 amide bonds. The highest BCUT2D eigenvalue weighted by atomic mass is 79.9. The Morgan fingerprint density at radius 1 is 1.17 bits per heavy atom. The standard InChI is InChI=1S/C21H19BrN4OS2/c1-2-3-4-14-9-10-15-17(23)18(29-20(15)24-14)19(27)26-21-25-16(11-28-21)12-5-7-13(22)8-6-12/h5-11H,2-4,23H2,1H3,(H,25,26,27). The number of nitrogens with zero attached hydrogens (tertiary/aromatic N) is 2. The number of hydrogen-bond acceptors (Lipinski definition) is 6. The molecule has 0 radical (unpaired) electrons. The maximum atomic E-state index is 12.8. The SMILES string of the molecule is CCCCc1ccc2c(N)c(C(=O)Nc3nc(-c4ccc(Br)cc4)cs3)sc2n1. The van der Waals surface area contributed by atoms with Crippen LogP contribution in [0.5, 0.6) is 0 Å². The number of aromatic nitrogens is 2. The minimum absolute atomic E-state index is 0.252. The molecule has 1 aromatic carbocycles. The first-order valence-electron chi connectivity index (χ1n) is 9.26. The molecule has 5 nitrogen and oxygen atoms in total. The van der Waals surface area contributed by atoms with Gasteiger partial charge in [0.25, 0.3) is 5.91 Å². The maximum absolute atomic E-state index is 12.8. The van der Waals surface area contributed by atoms with Crippen molar-refractivity contribution in [1.82, 2.24) is 9.97 Å². The molecule has 0 bridgehead atoms. The number of hydrogen-bond donors (Lipinski definition) is 2. The van der Waals surface area contributed by atoms with Crippen molar-refractivity contribution in [2.75, 3.05) is 11.1 Å². The van der Waals surface area contributed by atoms with Crippen LogP contribution in [0.1, 0.15) is 35.1 Å². The average Bonchev–Trinajstić information content (AvgIpc) is 3.31. The van der Waals surface area contributed by atoms with E-state index in [2.05, 4.69) is 38.1 Å². The van der Waals surface area contributed by atoms with Crippen molar-refractivity contribution >= 4 is 65.5 Å². The van der Waals surface area contributed by atoms with Gasteiger partial charge in [0.2, 0.25) is 0 Å². The van der Waals surface area contributed by atoms with Crippen LogP contribution in [-0.4, -0.2) is 15.9 Å². The zero-order chi connectivity index (χ0) is 20.4. The first-order valence-corrected chi connectivity index (χ1v) is 11.7. The number of thiazole rings is 1. The molecule has 0 saturated carbocycles. The molecule has 148 valence electrons. The summed E-state index contributed by atoms with van der Waals surface area (Å²) in [7, 11) is 0. The number of nitrogen functional groups attached to an aromatic ring is 1. The van der Waals surface area contributed by atoms with Crippen molar-refractivity contribution in [2.24, 2.45) is 0 Å². The predicted octanol–water partition coefficient (Wildman–Crippen LogP) is 6.36. The molecule has 29 heavy (non-hydrogen) atoms. The lowest BCUT2D eigenvalue weighted by molar-refractivity contribution is 0.103. The Labute approximate surface area is 185 Å². The second kappa shape index (κ2) is 8.61. The van der Waals surface area contributed by atoms with Gasteiger partial charge in [0.15, 0.2) is 5.13 Å². The van der Waals surface area contributed by atoms with Crippen molar-refractivity contribution in [1.29, 1.82) is 0 Å².